The van der Waals surface area contributed by atoms with E-state index in [0.717, 1.165) is 12.5 Å². The fourth-order valence-corrected chi connectivity index (χ4v) is 2.74. The summed E-state index contributed by atoms with van der Waals surface area (Å²) >= 11 is 0. The molecule has 2 rings (SSSR count). The van der Waals surface area contributed by atoms with Crippen molar-refractivity contribution in [3.63, 3.8) is 0 Å². The smallest absolute Gasteiger partial charge is 0.0467 e. The van der Waals surface area contributed by atoms with Crippen LogP contribution in [0, 0.1) is 0 Å². The molecule has 1 aliphatic carbocycles. The van der Waals surface area contributed by atoms with Crippen LogP contribution in [0.4, 0.5) is 0 Å². The first-order valence-corrected chi connectivity index (χ1v) is 7.76. The van der Waals surface area contributed by atoms with Gasteiger partial charge in [0.05, 0.1) is 0 Å². The third kappa shape index (κ3) is 4.05. The molecule has 106 valence electrons. The predicted molar refractivity (Wildman–Crippen MR) is 82.4 cm³/mol. The van der Waals surface area contributed by atoms with Crippen LogP contribution >= 0.6 is 0 Å². The highest BCUT2D eigenvalue weighted by atomic mass is 15.1. The topological polar surface area (TPSA) is 29.3 Å². The fraction of sp³-hybridized carbons (Fsp3) is 0.647. The highest BCUT2D eigenvalue weighted by Gasteiger charge is 2.23. The Hall–Kier alpha value is -0.860. The van der Waals surface area contributed by atoms with Gasteiger partial charge < -0.3 is 5.73 Å². The Balaban J connectivity index is 1.95. The van der Waals surface area contributed by atoms with Crippen LogP contribution in [0.2, 0.25) is 0 Å². The van der Waals surface area contributed by atoms with Gasteiger partial charge in [0.1, 0.15) is 0 Å². The third-order valence-electron chi connectivity index (χ3n) is 4.24. The predicted octanol–water partition coefficient (Wildman–Crippen LogP) is 3.69. The molecule has 0 heterocycles. The van der Waals surface area contributed by atoms with E-state index in [4.69, 9.17) is 5.73 Å². The van der Waals surface area contributed by atoms with Gasteiger partial charge in [-0.3, -0.25) is 4.90 Å². The summed E-state index contributed by atoms with van der Waals surface area (Å²) in [5.41, 5.74) is 8.85. The number of hydrogen-bond acceptors (Lipinski definition) is 2. The van der Waals surface area contributed by atoms with Crippen LogP contribution in [-0.2, 0) is 0 Å². The molecular weight excluding hydrogens is 232 g/mol. The highest BCUT2D eigenvalue weighted by Crippen LogP contribution is 2.40. The van der Waals surface area contributed by atoms with E-state index in [2.05, 4.69) is 43.1 Å². The number of benzene rings is 1. The molecule has 1 unspecified atom stereocenters. The molecule has 2 nitrogen and oxygen atoms in total. The summed E-state index contributed by atoms with van der Waals surface area (Å²) in [6.07, 6.45) is 6.59. The van der Waals surface area contributed by atoms with Crippen molar-refractivity contribution in [2.24, 2.45) is 5.73 Å². The Bertz CT molecular complexity index is 367. The first-order valence-electron chi connectivity index (χ1n) is 7.76. The molecule has 1 atom stereocenters. The molecule has 1 aromatic carbocycles. The molecule has 1 aromatic rings. The van der Waals surface area contributed by atoms with Crippen molar-refractivity contribution in [1.82, 2.24) is 4.90 Å². The normalized spacial score (nSPS) is 16.8. The van der Waals surface area contributed by atoms with Crippen molar-refractivity contribution in [3.05, 3.63) is 35.4 Å². The molecule has 2 heteroatoms. The molecule has 0 saturated heterocycles. The van der Waals surface area contributed by atoms with E-state index in [1.54, 1.807) is 0 Å². The van der Waals surface area contributed by atoms with Gasteiger partial charge in [0.25, 0.3) is 0 Å². The van der Waals surface area contributed by atoms with Gasteiger partial charge in [-0.05, 0) is 49.9 Å². The standard InChI is InChI=1S/C17H28N2/c1-3-4-5-12-19(2)17(13-18)16-10-8-15(9-11-16)14-6-7-14/h8-11,14,17H,3-7,12-13,18H2,1-2H3. The van der Waals surface area contributed by atoms with Crippen molar-refractivity contribution in [2.75, 3.05) is 20.1 Å². The average molecular weight is 260 g/mol. The minimum absolute atomic E-state index is 0.366. The molecule has 19 heavy (non-hydrogen) atoms. The zero-order valence-corrected chi connectivity index (χ0v) is 12.4. The Morgan fingerprint density at radius 3 is 2.42 bits per heavy atom. The molecular formula is C17H28N2. The van der Waals surface area contributed by atoms with E-state index >= 15 is 0 Å². The van der Waals surface area contributed by atoms with Crippen LogP contribution in [0.3, 0.4) is 0 Å². The maximum absolute atomic E-state index is 5.98. The van der Waals surface area contributed by atoms with Crippen LogP contribution in [0.25, 0.3) is 0 Å². The highest BCUT2D eigenvalue weighted by molar-refractivity contribution is 5.29. The summed E-state index contributed by atoms with van der Waals surface area (Å²) in [6, 6.07) is 9.53. The summed E-state index contributed by atoms with van der Waals surface area (Å²) in [5.74, 6) is 0.840. The number of likely N-dealkylation sites (N-methyl/N-ethyl adjacent to an activating group) is 1. The van der Waals surface area contributed by atoms with Crippen molar-refractivity contribution < 1.29 is 0 Å². The summed E-state index contributed by atoms with van der Waals surface area (Å²) in [5, 5.41) is 0. The van der Waals surface area contributed by atoms with Crippen LogP contribution < -0.4 is 5.73 Å². The van der Waals surface area contributed by atoms with Gasteiger partial charge in [0, 0.05) is 12.6 Å². The second-order valence-electron chi connectivity index (χ2n) is 5.88. The molecule has 0 aliphatic heterocycles. The Kier molecular flexibility index (Phi) is 5.41. The largest absolute Gasteiger partial charge is 0.329 e. The summed E-state index contributed by atoms with van der Waals surface area (Å²) < 4.78 is 0. The lowest BCUT2D eigenvalue weighted by Gasteiger charge is -2.27. The zero-order valence-electron chi connectivity index (χ0n) is 12.4. The number of nitrogens with zero attached hydrogens (tertiary/aromatic N) is 1. The Labute approximate surface area is 118 Å². The number of rotatable bonds is 8. The van der Waals surface area contributed by atoms with Gasteiger partial charge in [-0.2, -0.15) is 0 Å². The van der Waals surface area contributed by atoms with Crippen molar-refractivity contribution >= 4 is 0 Å². The lowest BCUT2D eigenvalue weighted by molar-refractivity contribution is 0.245. The van der Waals surface area contributed by atoms with E-state index < -0.39 is 0 Å². The summed E-state index contributed by atoms with van der Waals surface area (Å²) in [4.78, 5) is 2.40. The molecule has 0 amide bonds. The Morgan fingerprint density at radius 1 is 1.21 bits per heavy atom. The Morgan fingerprint density at radius 2 is 1.89 bits per heavy atom. The van der Waals surface area contributed by atoms with Crippen molar-refractivity contribution in [2.45, 2.75) is 51.0 Å². The van der Waals surface area contributed by atoms with Gasteiger partial charge >= 0.3 is 0 Å². The van der Waals surface area contributed by atoms with Crippen LogP contribution in [0.1, 0.15) is 62.1 Å². The van der Waals surface area contributed by atoms with Gasteiger partial charge in [-0.15, -0.1) is 0 Å². The molecule has 0 bridgehead atoms. The van der Waals surface area contributed by atoms with Crippen molar-refractivity contribution in [3.8, 4) is 0 Å². The first-order chi connectivity index (χ1) is 9.26. The summed E-state index contributed by atoms with van der Waals surface area (Å²) in [6.45, 7) is 4.09. The monoisotopic (exact) mass is 260 g/mol. The number of unbranched alkanes of at least 4 members (excludes halogenated alkanes) is 2. The molecule has 0 radical (unpaired) electrons. The lowest BCUT2D eigenvalue weighted by atomic mass is 10.0. The molecule has 1 fully saturated rings. The van der Waals surface area contributed by atoms with Gasteiger partial charge in [-0.25, -0.2) is 0 Å². The number of hydrogen-bond donors (Lipinski definition) is 1. The number of nitrogens with two attached hydrogens (primary N) is 1. The second-order valence-corrected chi connectivity index (χ2v) is 5.88. The third-order valence-corrected chi connectivity index (χ3v) is 4.24. The van der Waals surface area contributed by atoms with Gasteiger partial charge in [-0.1, -0.05) is 44.0 Å². The summed E-state index contributed by atoms with van der Waals surface area (Å²) in [7, 11) is 2.20. The quantitative estimate of drug-likeness (QED) is 0.722. The molecule has 1 aliphatic rings. The first kappa shape index (κ1) is 14.5. The average Bonchev–Trinajstić information content (AvgIpc) is 3.25. The molecule has 1 saturated carbocycles. The maximum atomic E-state index is 5.98. The lowest BCUT2D eigenvalue weighted by Crippen LogP contribution is -2.31. The van der Waals surface area contributed by atoms with Crippen LogP contribution in [0.5, 0.6) is 0 Å². The van der Waals surface area contributed by atoms with Crippen molar-refractivity contribution in [1.29, 1.82) is 0 Å². The van der Waals surface area contributed by atoms with E-state index in [-0.39, 0.29) is 0 Å². The molecule has 2 N–H and O–H groups in total. The second kappa shape index (κ2) is 7.06. The van der Waals surface area contributed by atoms with Gasteiger partial charge in [0.2, 0.25) is 0 Å². The zero-order chi connectivity index (χ0) is 13.7. The minimum atomic E-state index is 0.366. The SMILES string of the molecule is CCCCCN(C)C(CN)c1ccc(C2CC2)cc1. The van der Waals surface area contributed by atoms with E-state index in [9.17, 15) is 0 Å². The van der Waals surface area contributed by atoms with Crippen LogP contribution in [0.15, 0.2) is 24.3 Å². The maximum Gasteiger partial charge on any atom is 0.0467 e. The fourth-order valence-electron chi connectivity index (χ4n) is 2.74. The minimum Gasteiger partial charge on any atom is -0.329 e. The van der Waals surface area contributed by atoms with E-state index in [1.165, 1.54) is 43.2 Å². The van der Waals surface area contributed by atoms with E-state index in [1.807, 2.05) is 0 Å². The molecule has 0 spiro atoms. The molecule has 0 aromatic heterocycles. The van der Waals surface area contributed by atoms with Crippen LogP contribution in [-0.4, -0.2) is 25.0 Å². The van der Waals surface area contributed by atoms with Gasteiger partial charge in [0.15, 0.2) is 0 Å². The van der Waals surface area contributed by atoms with E-state index in [0.29, 0.717) is 12.6 Å².